The predicted octanol–water partition coefficient (Wildman–Crippen LogP) is 3.42. The molecule has 0 fully saturated rings. The van der Waals surface area contributed by atoms with Crippen LogP contribution in [0.2, 0.25) is 0 Å². The van der Waals surface area contributed by atoms with E-state index in [4.69, 9.17) is 0 Å². The van der Waals surface area contributed by atoms with Crippen molar-refractivity contribution in [2.45, 2.75) is 25.8 Å². The molecular weight excluding hydrogens is 464 g/mol. The summed E-state index contributed by atoms with van der Waals surface area (Å²) in [6.07, 6.45) is 0.600. The summed E-state index contributed by atoms with van der Waals surface area (Å²) in [5, 5.41) is 0. The molecule has 3 amide bonds. The van der Waals surface area contributed by atoms with E-state index in [2.05, 4.69) is 20.7 Å². The van der Waals surface area contributed by atoms with Gasteiger partial charge in [-0.3, -0.25) is 24.1 Å². The van der Waals surface area contributed by atoms with E-state index in [-0.39, 0.29) is 49.6 Å². The van der Waals surface area contributed by atoms with Gasteiger partial charge in [0.05, 0.1) is 24.7 Å². The first-order valence-electron chi connectivity index (χ1n) is 9.95. The van der Waals surface area contributed by atoms with Crippen LogP contribution in [-0.4, -0.2) is 53.7 Å². The molecule has 0 atom stereocenters. The largest absolute Gasteiger partial charge is 0.469 e. The zero-order valence-corrected chi connectivity index (χ0v) is 18.8. The Balaban J connectivity index is 1.59. The standard InChI is InChI=1S/C23H23BrN2O5/c1-31-21(28)11-13-25(15-16-6-3-2-4-7-16)20(27)8-5-12-26-22(29)18-10-9-17(24)14-19(18)23(26)30/h2-4,6-7,9-10,14H,5,8,11-13,15H2,1H3. The van der Waals surface area contributed by atoms with Crippen LogP contribution in [0.15, 0.2) is 53.0 Å². The number of imide groups is 1. The molecule has 7 nitrogen and oxygen atoms in total. The number of methoxy groups -OCH3 is 1. The van der Waals surface area contributed by atoms with Crippen LogP contribution in [0.4, 0.5) is 0 Å². The molecule has 0 spiro atoms. The molecule has 0 aromatic heterocycles. The summed E-state index contributed by atoms with van der Waals surface area (Å²) in [4.78, 5) is 52.2. The van der Waals surface area contributed by atoms with Crippen molar-refractivity contribution in [3.05, 3.63) is 69.7 Å². The van der Waals surface area contributed by atoms with Crippen molar-refractivity contribution in [3.8, 4) is 0 Å². The van der Waals surface area contributed by atoms with Gasteiger partial charge >= 0.3 is 5.97 Å². The second-order valence-electron chi connectivity index (χ2n) is 7.18. The molecule has 2 aromatic carbocycles. The lowest BCUT2D eigenvalue weighted by Crippen LogP contribution is -2.34. The highest BCUT2D eigenvalue weighted by molar-refractivity contribution is 9.10. The maximum absolute atomic E-state index is 12.8. The Bertz CT molecular complexity index is 993. The first-order chi connectivity index (χ1) is 14.9. The van der Waals surface area contributed by atoms with Gasteiger partial charge in [-0.05, 0) is 30.2 Å². The molecule has 1 heterocycles. The zero-order valence-electron chi connectivity index (χ0n) is 17.2. The Morgan fingerprint density at radius 3 is 2.42 bits per heavy atom. The fraction of sp³-hybridized carbons (Fsp3) is 0.304. The van der Waals surface area contributed by atoms with Crippen LogP contribution in [0, 0.1) is 0 Å². The summed E-state index contributed by atoms with van der Waals surface area (Å²) >= 11 is 3.31. The average molecular weight is 487 g/mol. The Morgan fingerprint density at radius 2 is 1.71 bits per heavy atom. The van der Waals surface area contributed by atoms with Gasteiger partial charge in [-0.25, -0.2) is 0 Å². The number of esters is 1. The van der Waals surface area contributed by atoms with Crippen LogP contribution in [-0.2, 0) is 20.9 Å². The average Bonchev–Trinajstić information content (AvgIpc) is 3.01. The van der Waals surface area contributed by atoms with Gasteiger partial charge in [0.2, 0.25) is 5.91 Å². The summed E-state index contributed by atoms with van der Waals surface area (Å²) in [7, 11) is 1.31. The van der Waals surface area contributed by atoms with Gasteiger partial charge in [0.1, 0.15) is 0 Å². The molecule has 1 aliphatic rings. The number of carbonyl (C=O) groups excluding carboxylic acids is 4. The third kappa shape index (κ3) is 5.58. The number of rotatable bonds is 9. The van der Waals surface area contributed by atoms with Gasteiger partial charge in [0.25, 0.3) is 11.8 Å². The van der Waals surface area contributed by atoms with E-state index >= 15 is 0 Å². The van der Waals surface area contributed by atoms with Crippen LogP contribution in [0.5, 0.6) is 0 Å². The fourth-order valence-electron chi connectivity index (χ4n) is 3.44. The van der Waals surface area contributed by atoms with Gasteiger partial charge in [-0.2, -0.15) is 0 Å². The molecule has 0 bridgehead atoms. The molecule has 0 saturated carbocycles. The number of amides is 3. The smallest absolute Gasteiger partial charge is 0.307 e. The quantitative estimate of drug-likeness (QED) is 0.400. The number of fused-ring (bicyclic) bond motifs is 1. The van der Waals surface area contributed by atoms with Crippen LogP contribution in [0.3, 0.4) is 0 Å². The number of halogens is 1. The first-order valence-corrected chi connectivity index (χ1v) is 10.7. The second-order valence-corrected chi connectivity index (χ2v) is 8.10. The monoisotopic (exact) mass is 486 g/mol. The Kier molecular flexibility index (Phi) is 7.57. The SMILES string of the molecule is COC(=O)CCN(Cc1ccccc1)C(=O)CCCN1C(=O)c2ccc(Br)cc2C1=O. The minimum Gasteiger partial charge on any atom is -0.469 e. The summed E-state index contributed by atoms with van der Waals surface area (Å²) in [6, 6.07) is 14.5. The van der Waals surface area contributed by atoms with Gasteiger partial charge in [-0.15, -0.1) is 0 Å². The van der Waals surface area contributed by atoms with E-state index in [1.807, 2.05) is 30.3 Å². The third-order valence-corrected chi connectivity index (χ3v) is 5.58. The van der Waals surface area contributed by atoms with E-state index in [1.54, 1.807) is 23.1 Å². The fourth-order valence-corrected chi connectivity index (χ4v) is 3.80. The molecular formula is C23H23BrN2O5. The summed E-state index contributed by atoms with van der Waals surface area (Å²) in [5.74, 6) is -1.22. The Labute approximate surface area is 189 Å². The molecule has 31 heavy (non-hydrogen) atoms. The van der Waals surface area contributed by atoms with Crippen molar-refractivity contribution >= 4 is 39.6 Å². The van der Waals surface area contributed by atoms with E-state index in [0.29, 0.717) is 24.1 Å². The van der Waals surface area contributed by atoms with Crippen molar-refractivity contribution < 1.29 is 23.9 Å². The molecule has 0 saturated heterocycles. The topological polar surface area (TPSA) is 84.0 Å². The molecule has 8 heteroatoms. The second kappa shape index (κ2) is 10.3. The molecule has 1 aliphatic heterocycles. The molecule has 0 aliphatic carbocycles. The third-order valence-electron chi connectivity index (χ3n) is 5.09. The summed E-state index contributed by atoms with van der Waals surface area (Å²) in [6.45, 7) is 0.769. The van der Waals surface area contributed by atoms with Crippen molar-refractivity contribution in [1.29, 1.82) is 0 Å². The van der Waals surface area contributed by atoms with Gasteiger partial charge in [0, 0.05) is 30.5 Å². The highest BCUT2D eigenvalue weighted by Crippen LogP contribution is 2.26. The molecule has 3 rings (SSSR count). The predicted molar refractivity (Wildman–Crippen MR) is 117 cm³/mol. The van der Waals surface area contributed by atoms with Crippen molar-refractivity contribution in [1.82, 2.24) is 9.80 Å². The zero-order chi connectivity index (χ0) is 22.4. The lowest BCUT2D eigenvalue weighted by Gasteiger charge is -2.23. The van der Waals surface area contributed by atoms with E-state index in [0.717, 1.165) is 10.0 Å². The maximum Gasteiger partial charge on any atom is 0.307 e. The minimum absolute atomic E-state index is 0.0996. The minimum atomic E-state index is -0.386. The molecule has 2 aromatic rings. The number of hydrogen-bond donors (Lipinski definition) is 0. The normalized spacial score (nSPS) is 12.6. The number of ether oxygens (including phenoxy) is 1. The molecule has 0 N–H and O–H groups in total. The summed E-state index contributed by atoms with van der Waals surface area (Å²) < 4.78 is 5.41. The van der Waals surface area contributed by atoms with E-state index in [9.17, 15) is 19.2 Å². The molecule has 162 valence electrons. The number of carbonyl (C=O) groups is 4. The van der Waals surface area contributed by atoms with E-state index < -0.39 is 0 Å². The maximum atomic E-state index is 12.8. The number of nitrogens with zero attached hydrogens (tertiary/aromatic N) is 2. The van der Waals surface area contributed by atoms with E-state index in [1.165, 1.54) is 12.0 Å². The molecule has 0 radical (unpaired) electrons. The Hall–Kier alpha value is -3.00. The van der Waals surface area contributed by atoms with Crippen molar-refractivity contribution in [2.75, 3.05) is 20.2 Å². The van der Waals surface area contributed by atoms with Crippen LogP contribution < -0.4 is 0 Å². The Morgan fingerprint density at radius 1 is 1.00 bits per heavy atom. The van der Waals surface area contributed by atoms with Crippen LogP contribution >= 0.6 is 15.9 Å². The first kappa shape index (κ1) is 22.7. The van der Waals surface area contributed by atoms with Crippen LogP contribution in [0.25, 0.3) is 0 Å². The van der Waals surface area contributed by atoms with Gasteiger partial charge < -0.3 is 9.64 Å². The number of hydrogen-bond acceptors (Lipinski definition) is 5. The highest BCUT2D eigenvalue weighted by atomic mass is 79.9. The van der Waals surface area contributed by atoms with Gasteiger partial charge in [0.15, 0.2) is 0 Å². The number of benzene rings is 2. The van der Waals surface area contributed by atoms with Crippen LogP contribution in [0.1, 0.15) is 45.5 Å². The highest BCUT2D eigenvalue weighted by Gasteiger charge is 2.35. The van der Waals surface area contributed by atoms with Gasteiger partial charge in [-0.1, -0.05) is 46.3 Å². The summed E-state index contributed by atoms with van der Waals surface area (Å²) in [5.41, 5.74) is 1.70. The lowest BCUT2D eigenvalue weighted by molar-refractivity contribution is -0.142. The molecule has 0 unspecified atom stereocenters. The van der Waals surface area contributed by atoms with Crippen molar-refractivity contribution in [2.24, 2.45) is 0 Å². The lowest BCUT2D eigenvalue weighted by atomic mass is 10.1. The van der Waals surface area contributed by atoms with Crippen molar-refractivity contribution in [3.63, 3.8) is 0 Å².